The molecule has 3 aromatic rings. The van der Waals surface area contributed by atoms with Gasteiger partial charge in [0, 0.05) is 57.3 Å². The van der Waals surface area contributed by atoms with Gasteiger partial charge in [0.2, 0.25) is 15.9 Å². The quantitative estimate of drug-likeness (QED) is 0.458. The van der Waals surface area contributed by atoms with E-state index in [0.717, 1.165) is 17.7 Å². The number of benzene rings is 3. The highest BCUT2D eigenvalue weighted by Gasteiger charge is 2.29. The zero-order valence-electron chi connectivity index (χ0n) is 20.4. The molecule has 0 bridgehead atoms. The fourth-order valence-electron chi connectivity index (χ4n) is 4.47. The molecule has 37 heavy (non-hydrogen) atoms. The van der Waals surface area contributed by atoms with E-state index in [2.05, 4.69) is 4.90 Å². The molecule has 0 aliphatic carbocycles. The Balaban J connectivity index is 1.77. The maximum Gasteiger partial charge on any atom is 0.243 e. The second-order valence-corrected chi connectivity index (χ2v) is 11.4. The molecule has 0 N–H and O–H groups in total. The minimum Gasteiger partial charge on any atom is -0.312 e. The van der Waals surface area contributed by atoms with Gasteiger partial charge in [-0.25, -0.2) is 17.2 Å². The van der Waals surface area contributed by atoms with Crippen molar-refractivity contribution in [3.05, 3.63) is 94.5 Å². The zero-order valence-corrected chi connectivity index (χ0v) is 22.0. The van der Waals surface area contributed by atoms with E-state index >= 15 is 0 Å². The fraction of sp³-hybridized carbons (Fsp3) is 0.296. The van der Waals surface area contributed by atoms with Crippen LogP contribution >= 0.6 is 11.6 Å². The van der Waals surface area contributed by atoms with Crippen LogP contribution in [0.25, 0.3) is 0 Å². The molecule has 0 aromatic heterocycles. The number of amides is 1. The van der Waals surface area contributed by atoms with Crippen molar-refractivity contribution in [2.75, 3.05) is 31.1 Å². The monoisotopic (exact) mass is 547 g/mol. The van der Waals surface area contributed by atoms with Crippen molar-refractivity contribution >= 4 is 33.2 Å². The van der Waals surface area contributed by atoms with E-state index in [9.17, 15) is 22.0 Å². The summed E-state index contributed by atoms with van der Waals surface area (Å²) < 4.78 is 57.4. The highest BCUT2D eigenvalue weighted by molar-refractivity contribution is 7.89. The van der Waals surface area contributed by atoms with Gasteiger partial charge < -0.3 is 4.90 Å². The number of anilines is 1. The van der Waals surface area contributed by atoms with Crippen LogP contribution in [0.15, 0.2) is 71.6 Å². The van der Waals surface area contributed by atoms with Crippen molar-refractivity contribution < 1.29 is 22.0 Å². The number of hydrogen-bond donors (Lipinski definition) is 0. The summed E-state index contributed by atoms with van der Waals surface area (Å²) in [6, 6.07) is 17.7. The van der Waals surface area contributed by atoms with Gasteiger partial charge in [-0.1, -0.05) is 48.0 Å². The maximum atomic E-state index is 14.4. The summed E-state index contributed by atoms with van der Waals surface area (Å²) in [4.78, 5) is 16.1. The molecular weight excluding hydrogens is 520 g/mol. The lowest BCUT2D eigenvalue weighted by molar-refractivity contribution is -0.116. The van der Waals surface area contributed by atoms with E-state index in [1.165, 1.54) is 28.3 Å². The molecule has 6 nitrogen and oxygen atoms in total. The number of sulfonamides is 1. The van der Waals surface area contributed by atoms with Crippen LogP contribution in [0.3, 0.4) is 0 Å². The molecule has 0 fully saturated rings. The van der Waals surface area contributed by atoms with Gasteiger partial charge in [0.1, 0.15) is 0 Å². The van der Waals surface area contributed by atoms with E-state index in [-0.39, 0.29) is 46.7 Å². The second-order valence-electron chi connectivity index (χ2n) is 8.98. The van der Waals surface area contributed by atoms with Crippen molar-refractivity contribution in [2.24, 2.45) is 0 Å². The predicted octanol–water partition coefficient (Wildman–Crippen LogP) is 5.07. The smallest absolute Gasteiger partial charge is 0.243 e. The van der Waals surface area contributed by atoms with E-state index in [1.54, 1.807) is 12.1 Å². The summed E-state index contributed by atoms with van der Waals surface area (Å²) in [5.41, 5.74) is 1.43. The Bertz CT molecular complexity index is 1370. The summed E-state index contributed by atoms with van der Waals surface area (Å²) >= 11 is 6.08. The lowest BCUT2D eigenvalue weighted by Gasteiger charge is -2.27. The normalized spacial score (nSPS) is 16.2. The van der Waals surface area contributed by atoms with Crippen LogP contribution < -0.4 is 4.90 Å². The Hall–Kier alpha value is -2.85. The minimum atomic E-state index is -4.06. The van der Waals surface area contributed by atoms with Gasteiger partial charge >= 0.3 is 0 Å². The van der Waals surface area contributed by atoms with Gasteiger partial charge in [-0.3, -0.25) is 9.69 Å². The van der Waals surface area contributed by atoms with Crippen LogP contribution in [0, 0.1) is 11.6 Å². The summed E-state index contributed by atoms with van der Waals surface area (Å²) in [5, 5.41) is 0.265. The molecule has 196 valence electrons. The number of nitrogens with zero attached hydrogens (tertiary/aromatic N) is 3. The molecule has 1 aliphatic rings. The Morgan fingerprint density at radius 3 is 2.35 bits per heavy atom. The average Bonchev–Trinajstić information content (AvgIpc) is 2.89. The van der Waals surface area contributed by atoms with Crippen molar-refractivity contribution in [1.82, 2.24) is 9.21 Å². The van der Waals surface area contributed by atoms with Gasteiger partial charge in [-0.15, -0.1) is 0 Å². The van der Waals surface area contributed by atoms with E-state index in [1.807, 2.05) is 30.3 Å². The average molecular weight is 548 g/mol. The molecule has 0 unspecified atom stereocenters. The van der Waals surface area contributed by atoms with Crippen LogP contribution in [0.2, 0.25) is 5.02 Å². The number of hydrogen-bond acceptors (Lipinski definition) is 4. The number of carbonyl (C=O) groups is 1. The molecule has 10 heteroatoms. The highest BCUT2D eigenvalue weighted by atomic mass is 35.5. The Kier molecular flexibility index (Phi) is 8.59. The van der Waals surface area contributed by atoms with Crippen LogP contribution in [-0.2, 0) is 27.9 Å². The van der Waals surface area contributed by atoms with Crippen molar-refractivity contribution in [3.63, 3.8) is 0 Å². The molecular formula is C27H28ClF2N3O3S. The second kappa shape index (κ2) is 11.7. The number of rotatable bonds is 4. The van der Waals surface area contributed by atoms with Gasteiger partial charge in [-0.05, 0) is 41.8 Å². The molecule has 0 radical (unpaired) electrons. The third kappa shape index (κ3) is 6.54. The number of fused-ring (bicyclic) bond motifs is 1. The van der Waals surface area contributed by atoms with Crippen molar-refractivity contribution in [3.8, 4) is 0 Å². The predicted molar refractivity (Wildman–Crippen MR) is 140 cm³/mol. The molecule has 1 aliphatic heterocycles. The standard InChI is InChI=1S/C27H28ClF2N3O3S/c1-20(34)33-12-6-11-31(18-21-7-3-2-4-8-21)13-14-32(19-22-15-25(29)26(30)17-27(22)33)37(35,36)24-10-5-9-23(28)16-24/h2-5,7-10,15-17H,6,11-14,18-19H2,1H3. The molecule has 4 rings (SSSR count). The number of halogens is 3. The first kappa shape index (κ1) is 27.2. The lowest BCUT2D eigenvalue weighted by Crippen LogP contribution is -2.38. The summed E-state index contributed by atoms with van der Waals surface area (Å²) in [5.74, 6) is -2.55. The molecule has 1 amide bonds. The van der Waals surface area contributed by atoms with E-state index in [4.69, 9.17) is 11.6 Å². The van der Waals surface area contributed by atoms with Crippen molar-refractivity contribution in [1.29, 1.82) is 0 Å². The summed E-state index contributed by atoms with van der Waals surface area (Å²) in [6.45, 7) is 3.04. The number of carbonyl (C=O) groups excluding carboxylic acids is 1. The highest BCUT2D eigenvalue weighted by Crippen LogP contribution is 2.29. The van der Waals surface area contributed by atoms with Gasteiger partial charge in [0.05, 0.1) is 10.6 Å². The zero-order chi connectivity index (χ0) is 26.6. The summed E-state index contributed by atoms with van der Waals surface area (Å²) in [6.07, 6.45) is 0.561. The largest absolute Gasteiger partial charge is 0.312 e. The first-order valence-electron chi connectivity index (χ1n) is 11.9. The van der Waals surface area contributed by atoms with E-state index in [0.29, 0.717) is 26.1 Å². The van der Waals surface area contributed by atoms with Crippen LogP contribution in [0.4, 0.5) is 14.5 Å². The third-order valence-corrected chi connectivity index (χ3v) is 8.42. The fourth-order valence-corrected chi connectivity index (χ4v) is 6.18. The van der Waals surface area contributed by atoms with Gasteiger partial charge in [0.25, 0.3) is 0 Å². The van der Waals surface area contributed by atoms with Crippen molar-refractivity contribution in [2.45, 2.75) is 31.3 Å². The van der Waals surface area contributed by atoms with Gasteiger partial charge in [-0.2, -0.15) is 4.31 Å². The van der Waals surface area contributed by atoms with Crippen LogP contribution in [0.5, 0.6) is 0 Å². The topological polar surface area (TPSA) is 60.9 Å². The molecule has 0 atom stereocenters. The van der Waals surface area contributed by atoms with E-state index < -0.39 is 21.7 Å². The minimum absolute atomic E-state index is 0.00274. The third-order valence-electron chi connectivity index (χ3n) is 6.34. The molecule has 1 heterocycles. The van der Waals surface area contributed by atoms with Gasteiger partial charge in [0.15, 0.2) is 11.6 Å². The maximum absolute atomic E-state index is 14.4. The Morgan fingerprint density at radius 1 is 0.919 bits per heavy atom. The molecule has 0 saturated heterocycles. The molecule has 0 saturated carbocycles. The van der Waals surface area contributed by atoms with Crippen LogP contribution in [0.1, 0.15) is 24.5 Å². The van der Waals surface area contributed by atoms with Crippen LogP contribution in [-0.4, -0.2) is 49.7 Å². The first-order valence-corrected chi connectivity index (χ1v) is 13.7. The Morgan fingerprint density at radius 2 is 1.65 bits per heavy atom. The Labute approximate surface area is 221 Å². The molecule has 0 spiro atoms. The summed E-state index contributed by atoms with van der Waals surface area (Å²) in [7, 11) is -4.06. The lowest BCUT2D eigenvalue weighted by atomic mass is 10.1. The molecule has 3 aromatic carbocycles. The first-order chi connectivity index (χ1) is 17.6. The SMILES string of the molecule is CC(=O)N1CCCN(Cc2ccccc2)CCN(S(=O)(=O)c2cccc(Cl)c2)Cc2cc(F)c(F)cc21.